The van der Waals surface area contributed by atoms with Crippen LogP contribution in [0.25, 0.3) is 10.9 Å². The lowest BCUT2D eigenvalue weighted by atomic mass is 9.91. The van der Waals surface area contributed by atoms with Gasteiger partial charge in [-0.05, 0) is 70.4 Å². The molecule has 3 aromatic rings. The van der Waals surface area contributed by atoms with Crippen molar-refractivity contribution in [3.05, 3.63) is 59.8 Å². The number of fused-ring (bicyclic) bond motifs is 3. The average molecular weight is 461 g/mol. The predicted molar refractivity (Wildman–Crippen MR) is 124 cm³/mol. The maximum absolute atomic E-state index is 13.7. The molecule has 0 saturated carbocycles. The van der Waals surface area contributed by atoms with Crippen molar-refractivity contribution < 1.29 is 17.7 Å². The van der Waals surface area contributed by atoms with Crippen molar-refractivity contribution in [1.82, 2.24) is 8.69 Å². The first-order chi connectivity index (χ1) is 14.6. The lowest BCUT2D eigenvalue weighted by Crippen LogP contribution is -2.42. The molecule has 4 rings (SSSR count). The highest BCUT2D eigenvalue weighted by atomic mass is 32.2. The molecule has 166 valence electrons. The van der Waals surface area contributed by atoms with Crippen molar-refractivity contribution in [3.63, 3.8) is 0 Å². The number of para-hydroxylation sites is 1. The summed E-state index contributed by atoms with van der Waals surface area (Å²) >= 11 is -1.26. The van der Waals surface area contributed by atoms with Crippen LogP contribution < -0.4 is 9.46 Å². The predicted octanol–water partition coefficient (Wildman–Crippen LogP) is 4.32. The third-order valence-electron chi connectivity index (χ3n) is 5.63. The summed E-state index contributed by atoms with van der Waals surface area (Å²) in [7, 11) is -2.26. The highest BCUT2D eigenvalue weighted by Crippen LogP contribution is 2.40. The fraction of sp³-hybridized carbons (Fsp3) is 0.391. The molecule has 0 aliphatic heterocycles. The molecule has 0 bridgehead atoms. The summed E-state index contributed by atoms with van der Waals surface area (Å²) in [6, 6.07) is 13.8. The zero-order chi connectivity index (χ0) is 22.4. The van der Waals surface area contributed by atoms with Crippen LogP contribution in [0.4, 0.5) is 0 Å². The van der Waals surface area contributed by atoms with E-state index in [-0.39, 0.29) is 10.9 Å². The SMILES string of the molecule is COc1ccc(S(=O)(=O)n2c3c(c4ccccc42)[C@H](N[S@+]([O-])C(C)(C)C)CCC3)cc1. The maximum Gasteiger partial charge on any atom is 0.268 e. The summed E-state index contributed by atoms with van der Waals surface area (Å²) < 4.78 is 49.8. The summed E-state index contributed by atoms with van der Waals surface area (Å²) in [6.07, 6.45) is 2.28. The largest absolute Gasteiger partial charge is 0.598 e. The van der Waals surface area contributed by atoms with Crippen LogP contribution in [-0.4, -0.2) is 28.8 Å². The van der Waals surface area contributed by atoms with E-state index in [1.54, 1.807) is 31.4 Å². The van der Waals surface area contributed by atoms with E-state index in [0.29, 0.717) is 17.7 Å². The maximum atomic E-state index is 13.7. The van der Waals surface area contributed by atoms with Crippen molar-refractivity contribution in [2.75, 3.05) is 7.11 Å². The first-order valence-electron chi connectivity index (χ1n) is 10.3. The number of hydrogen-bond acceptors (Lipinski definition) is 5. The number of rotatable bonds is 5. The molecule has 6 nitrogen and oxygen atoms in total. The van der Waals surface area contributed by atoms with Gasteiger partial charge >= 0.3 is 0 Å². The van der Waals surface area contributed by atoms with Crippen LogP contribution in [0.15, 0.2) is 53.4 Å². The molecular weight excluding hydrogens is 432 g/mol. The number of benzene rings is 2. The van der Waals surface area contributed by atoms with E-state index in [4.69, 9.17) is 4.74 Å². The number of hydrogen-bond donors (Lipinski definition) is 1. The molecular formula is C23H28N2O4S2. The summed E-state index contributed by atoms with van der Waals surface area (Å²) in [5, 5.41) is 0.887. The Bertz CT molecular complexity index is 1190. The molecule has 1 aliphatic rings. The molecule has 2 atom stereocenters. The fourth-order valence-electron chi connectivity index (χ4n) is 4.08. The van der Waals surface area contributed by atoms with Crippen molar-refractivity contribution in [2.24, 2.45) is 0 Å². The number of methoxy groups -OCH3 is 1. The van der Waals surface area contributed by atoms with Crippen LogP contribution in [0.5, 0.6) is 5.75 Å². The van der Waals surface area contributed by atoms with Crippen LogP contribution in [0.2, 0.25) is 0 Å². The standard InChI is InChI=1S/C23H28N2O4S2/c1-23(2,3)30(26)24-19-9-7-11-21-22(19)18-8-5-6-10-20(18)25(21)31(27,28)17-14-12-16(29-4)13-15-17/h5-6,8,10,12-15,19,24H,7,9,11H2,1-4H3/t19-,30-/m1/s1. The number of ether oxygens (including phenoxy) is 1. The van der Waals surface area contributed by atoms with Crippen LogP contribution >= 0.6 is 0 Å². The van der Waals surface area contributed by atoms with E-state index in [2.05, 4.69) is 4.72 Å². The summed E-state index contributed by atoms with van der Waals surface area (Å²) in [6.45, 7) is 5.78. The highest BCUT2D eigenvalue weighted by molar-refractivity contribution is 7.91. The van der Waals surface area contributed by atoms with Gasteiger partial charge < -0.3 is 9.29 Å². The zero-order valence-corrected chi connectivity index (χ0v) is 19.8. The van der Waals surface area contributed by atoms with E-state index in [1.807, 2.05) is 45.0 Å². The Balaban J connectivity index is 1.88. The third kappa shape index (κ3) is 3.98. The highest BCUT2D eigenvalue weighted by Gasteiger charge is 2.36. The molecule has 0 fully saturated rings. The molecule has 0 amide bonds. The molecule has 1 aromatic heterocycles. The molecule has 1 N–H and O–H groups in total. The van der Waals surface area contributed by atoms with E-state index in [9.17, 15) is 13.0 Å². The van der Waals surface area contributed by atoms with Crippen molar-refractivity contribution in [1.29, 1.82) is 0 Å². The first-order valence-corrected chi connectivity index (χ1v) is 12.9. The summed E-state index contributed by atoms with van der Waals surface area (Å²) in [4.78, 5) is 0.213. The van der Waals surface area contributed by atoms with Crippen molar-refractivity contribution in [3.8, 4) is 5.75 Å². The molecule has 0 saturated heterocycles. The molecule has 0 spiro atoms. The van der Waals surface area contributed by atoms with E-state index in [1.165, 1.54) is 3.97 Å². The minimum Gasteiger partial charge on any atom is -0.598 e. The zero-order valence-electron chi connectivity index (χ0n) is 18.2. The second-order valence-electron chi connectivity index (χ2n) is 8.77. The van der Waals surface area contributed by atoms with Gasteiger partial charge in [-0.15, -0.1) is 4.72 Å². The van der Waals surface area contributed by atoms with Gasteiger partial charge in [-0.3, -0.25) is 0 Å². The molecule has 31 heavy (non-hydrogen) atoms. The van der Waals surface area contributed by atoms with Crippen LogP contribution in [0.3, 0.4) is 0 Å². The van der Waals surface area contributed by atoms with Gasteiger partial charge in [-0.2, -0.15) is 0 Å². The number of nitrogens with zero attached hydrogens (tertiary/aromatic N) is 1. The molecule has 2 aromatic carbocycles. The number of aromatic nitrogens is 1. The van der Waals surface area contributed by atoms with Crippen molar-refractivity contribution in [2.45, 2.75) is 55.7 Å². The smallest absolute Gasteiger partial charge is 0.268 e. The number of nitrogens with one attached hydrogen (secondary N) is 1. The molecule has 0 radical (unpaired) electrons. The van der Waals surface area contributed by atoms with E-state index >= 15 is 0 Å². The van der Waals surface area contributed by atoms with Gasteiger partial charge in [0.1, 0.15) is 10.5 Å². The average Bonchev–Trinajstić information content (AvgIpc) is 3.09. The van der Waals surface area contributed by atoms with Gasteiger partial charge in [0, 0.05) is 28.0 Å². The monoisotopic (exact) mass is 460 g/mol. The third-order valence-corrected chi connectivity index (χ3v) is 9.00. The van der Waals surface area contributed by atoms with E-state index < -0.39 is 26.1 Å². The Morgan fingerprint density at radius 3 is 2.45 bits per heavy atom. The lowest BCUT2D eigenvalue weighted by Gasteiger charge is -2.30. The topological polar surface area (TPSA) is 83.4 Å². The molecule has 0 unspecified atom stereocenters. The second-order valence-corrected chi connectivity index (χ2v) is 12.6. The fourth-order valence-corrected chi connectivity index (χ4v) is 6.52. The first kappa shape index (κ1) is 22.2. The lowest BCUT2D eigenvalue weighted by molar-refractivity contribution is 0.414. The van der Waals surface area contributed by atoms with Gasteiger partial charge in [0.15, 0.2) is 0 Å². The molecule has 1 aliphatic carbocycles. The minimum absolute atomic E-state index is 0.166. The Hall–Kier alpha value is -2.00. The van der Waals surface area contributed by atoms with Gasteiger partial charge in [-0.1, -0.05) is 18.2 Å². The summed E-state index contributed by atoms with van der Waals surface area (Å²) in [5.74, 6) is 0.604. The van der Waals surface area contributed by atoms with Gasteiger partial charge in [0.2, 0.25) is 0 Å². The second kappa shape index (κ2) is 8.16. The Labute approximate surface area is 187 Å². The Kier molecular flexibility index (Phi) is 5.85. The Morgan fingerprint density at radius 2 is 1.81 bits per heavy atom. The Morgan fingerprint density at radius 1 is 1.13 bits per heavy atom. The van der Waals surface area contributed by atoms with Crippen LogP contribution in [0.1, 0.15) is 50.9 Å². The van der Waals surface area contributed by atoms with Gasteiger partial charge in [0.05, 0.1) is 23.6 Å². The molecule has 8 heteroatoms. The van der Waals surface area contributed by atoms with E-state index in [0.717, 1.165) is 29.5 Å². The van der Waals surface area contributed by atoms with Gasteiger partial charge in [0.25, 0.3) is 10.0 Å². The normalized spacial score (nSPS) is 18.0. The van der Waals surface area contributed by atoms with Crippen molar-refractivity contribution >= 4 is 32.3 Å². The van der Waals surface area contributed by atoms with Crippen LogP contribution in [0, 0.1) is 0 Å². The molecule has 1 heterocycles. The van der Waals surface area contributed by atoms with Gasteiger partial charge in [-0.25, -0.2) is 12.4 Å². The van der Waals surface area contributed by atoms with Crippen LogP contribution in [-0.2, 0) is 27.8 Å². The summed E-state index contributed by atoms with van der Waals surface area (Å²) in [5.41, 5.74) is 2.36. The quantitative estimate of drug-likeness (QED) is 0.574. The minimum atomic E-state index is -3.81.